The fraction of sp³-hybridized carbons (Fsp3) is 0.316. The van der Waals surface area contributed by atoms with E-state index in [4.69, 9.17) is 4.74 Å². The van der Waals surface area contributed by atoms with Crippen LogP contribution >= 0.6 is 0 Å². The maximum Gasteiger partial charge on any atom is 0.309 e. The van der Waals surface area contributed by atoms with Crippen molar-refractivity contribution in [3.63, 3.8) is 0 Å². The molecule has 2 rings (SSSR count). The van der Waals surface area contributed by atoms with Gasteiger partial charge in [0.15, 0.2) is 0 Å². The van der Waals surface area contributed by atoms with E-state index in [0.29, 0.717) is 13.0 Å². The van der Waals surface area contributed by atoms with Gasteiger partial charge < -0.3 is 9.84 Å². The molecule has 0 amide bonds. The van der Waals surface area contributed by atoms with Crippen molar-refractivity contribution >= 4 is 5.97 Å². The molecule has 0 saturated carbocycles. The van der Waals surface area contributed by atoms with Crippen molar-refractivity contribution in [3.8, 4) is 5.75 Å². The zero-order valence-corrected chi connectivity index (χ0v) is 13.3. The van der Waals surface area contributed by atoms with Gasteiger partial charge in [-0.3, -0.25) is 4.79 Å². The number of rotatable bonds is 6. The van der Waals surface area contributed by atoms with Crippen LogP contribution in [0, 0.1) is 12.3 Å². The third-order valence-corrected chi connectivity index (χ3v) is 3.70. The Morgan fingerprint density at radius 1 is 1.09 bits per heavy atom. The van der Waals surface area contributed by atoms with Crippen molar-refractivity contribution in [1.82, 2.24) is 0 Å². The van der Waals surface area contributed by atoms with E-state index in [1.54, 1.807) is 13.8 Å². The van der Waals surface area contributed by atoms with E-state index in [0.717, 1.165) is 22.4 Å². The van der Waals surface area contributed by atoms with Crippen LogP contribution in [-0.2, 0) is 17.8 Å². The number of hydrogen-bond acceptors (Lipinski definition) is 2. The summed E-state index contributed by atoms with van der Waals surface area (Å²) in [6.07, 6.45) is 0.502. The quantitative estimate of drug-likeness (QED) is 0.868. The molecule has 1 N–H and O–H groups in total. The van der Waals surface area contributed by atoms with Crippen LogP contribution in [0.15, 0.2) is 48.5 Å². The van der Waals surface area contributed by atoms with Gasteiger partial charge in [0.25, 0.3) is 0 Å². The fourth-order valence-electron chi connectivity index (χ4n) is 2.30. The molecule has 2 aromatic carbocycles. The molecule has 3 heteroatoms. The number of aryl methyl sites for hydroxylation is 1. The SMILES string of the molecule is Cc1cc(CC(C)(C)C(=O)O)ccc1OCc1ccccc1. The minimum absolute atomic E-state index is 0.502. The number of carboxylic acids is 1. The van der Waals surface area contributed by atoms with Gasteiger partial charge in [0, 0.05) is 0 Å². The number of aliphatic carboxylic acids is 1. The van der Waals surface area contributed by atoms with Gasteiger partial charge in [0.1, 0.15) is 12.4 Å². The maximum atomic E-state index is 11.2. The monoisotopic (exact) mass is 298 g/mol. The van der Waals surface area contributed by atoms with Crippen molar-refractivity contribution in [1.29, 1.82) is 0 Å². The predicted octanol–water partition coefficient (Wildman–Crippen LogP) is 4.23. The molecular weight excluding hydrogens is 276 g/mol. The summed E-state index contributed by atoms with van der Waals surface area (Å²) in [4.78, 5) is 11.2. The van der Waals surface area contributed by atoms with Gasteiger partial charge in [-0.2, -0.15) is 0 Å². The molecule has 116 valence electrons. The molecular formula is C19H22O3. The van der Waals surface area contributed by atoms with E-state index < -0.39 is 11.4 Å². The molecule has 0 bridgehead atoms. The molecule has 0 radical (unpaired) electrons. The Morgan fingerprint density at radius 2 is 1.77 bits per heavy atom. The summed E-state index contributed by atoms with van der Waals surface area (Å²) in [5.74, 6) is 0.0512. The smallest absolute Gasteiger partial charge is 0.309 e. The lowest BCUT2D eigenvalue weighted by molar-refractivity contribution is -0.146. The summed E-state index contributed by atoms with van der Waals surface area (Å²) in [6, 6.07) is 15.9. The number of carboxylic acid groups (broad SMARTS) is 1. The van der Waals surface area contributed by atoms with Gasteiger partial charge in [0.05, 0.1) is 5.41 Å². The minimum Gasteiger partial charge on any atom is -0.489 e. The van der Waals surface area contributed by atoms with Crippen LogP contribution in [-0.4, -0.2) is 11.1 Å². The third-order valence-electron chi connectivity index (χ3n) is 3.70. The van der Waals surface area contributed by atoms with Gasteiger partial charge in [-0.25, -0.2) is 0 Å². The highest BCUT2D eigenvalue weighted by atomic mass is 16.5. The largest absolute Gasteiger partial charge is 0.489 e. The number of ether oxygens (including phenoxy) is 1. The lowest BCUT2D eigenvalue weighted by atomic mass is 9.85. The number of benzene rings is 2. The summed E-state index contributed by atoms with van der Waals surface area (Å²) in [6.45, 7) is 5.99. The van der Waals surface area contributed by atoms with E-state index in [1.165, 1.54) is 0 Å². The van der Waals surface area contributed by atoms with Crippen molar-refractivity contribution in [2.75, 3.05) is 0 Å². The molecule has 0 atom stereocenters. The molecule has 0 aliphatic carbocycles. The average molecular weight is 298 g/mol. The Morgan fingerprint density at radius 3 is 2.36 bits per heavy atom. The second-order valence-electron chi connectivity index (χ2n) is 6.24. The highest BCUT2D eigenvalue weighted by Crippen LogP contribution is 2.26. The number of carbonyl (C=O) groups is 1. The van der Waals surface area contributed by atoms with Crippen LogP contribution in [0.25, 0.3) is 0 Å². The Bertz CT molecular complexity index is 645. The van der Waals surface area contributed by atoms with E-state index in [2.05, 4.69) is 0 Å². The highest BCUT2D eigenvalue weighted by molar-refractivity contribution is 5.74. The molecule has 22 heavy (non-hydrogen) atoms. The Labute approximate surface area is 131 Å². The first-order chi connectivity index (χ1) is 10.4. The zero-order chi connectivity index (χ0) is 16.2. The van der Waals surface area contributed by atoms with E-state index >= 15 is 0 Å². The Kier molecular flexibility index (Phi) is 4.86. The van der Waals surface area contributed by atoms with E-state index in [9.17, 15) is 9.90 Å². The number of hydrogen-bond donors (Lipinski definition) is 1. The van der Waals surface area contributed by atoms with Gasteiger partial charge in [-0.15, -0.1) is 0 Å². The third kappa shape index (κ3) is 4.10. The topological polar surface area (TPSA) is 46.5 Å². The maximum absolute atomic E-state index is 11.2. The molecule has 2 aromatic rings. The van der Waals surface area contributed by atoms with Crippen LogP contribution in [0.3, 0.4) is 0 Å². The van der Waals surface area contributed by atoms with Crippen LogP contribution in [0.2, 0.25) is 0 Å². The van der Waals surface area contributed by atoms with Crippen LogP contribution < -0.4 is 4.74 Å². The summed E-state index contributed by atoms with van der Waals surface area (Å²) < 4.78 is 5.84. The second kappa shape index (κ2) is 6.65. The Hall–Kier alpha value is -2.29. The Balaban J connectivity index is 2.05. The summed E-state index contributed by atoms with van der Waals surface area (Å²) in [5, 5.41) is 9.21. The lowest BCUT2D eigenvalue weighted by Crippen LogP contribution is -2.26. The first-order valence-electron chi connectivity index (χ1n) is 7.38. The minimum atomic E-state index is -0.783. The van der Waals surface area contributed by atoms with Crippen molar-refractivity contribution in [3.05, 3.63) is 65.2 Å². The average Bonchev–Trinajstić information content (AvgIpc) is 2.47. The zero-order valence-electron chi connectivity index (χ0n) is 13.3. The predicted molar refractivity (Wildman–Crippen MR) is 87.1 cm³/mol. The molecule has 0 spiro atoms. The molecule has 0 fully saturated rings. The van der Waals surface area contributed by atoms with Crippen LogP contribution in [0.1, 0.15) is 30.5 Å². The lowest BCUT2D eigenvalue weighted by Gasteiger charge is -2.19. The molecule has 3 nitrogen and oxygen atoms in total. The van der Waals surface area contributed by atoms with Crippen molar-refractivity contribution in [2.24, 2.45) is 5.41 Å². The van der Waals surface area contributed by atoms with Gasteiger partial charge >= 0.3 is 5.97 Å². The normalized spacial score (nSPS) is 11.2. The first-order valence-corrected chi connectivity index (χ1v) is 7.38. The molecule has 0 aliphatic heterocycles. The van der Waals surface area contributed by atoms with Crippen molar-refractivity contribution in [2.45, 2.75) is 33.8 Å². The van der Waals surface area contributed by atoms with E-state index in [-0.39, 0.29) is 0 Å². The van der Waals surface area contributed by atoms with Crippen molar-refractivity contribution < 1.29 is 14.6 Å². The molecule has 0 saturated heterocycles. The molecule has 0 aromatic heterocycles. The van der Waals surface area contributed by atoms with Gasteiger partial charge in [-0.05, 0) is 49.9 Å². The fourth-order valence-corrected chi connectivity index (χ4v) is 2.30. The second-order valence-corrected chi connectivity index (χ2v) is 6.24. The first kappa shape index (κ1) is 16.1. The van der Waals surface area contributed by atoms with E-state index in [1.807, 2.05) is 55.5 Å². The highest BCUT2D eigenvalue weighted by Gasteiger charge is 2.27. The molecule has 0 aliphatic rings. The van der Waals surface area contributed by atoms with Gasteiger partial charge in [0.2, 0.25) is 0 Å². The van der Waals surface area contributed by atoms with Crippen LogP contribution in [0.5, 0.6) is 5.75 Å². The summed E-state index contributed by atoms with van der Waals surface area (Å²) >= 11 is 0. The standard InChI is InChI=1S/C19H22O3/c1-14-11-16(12-19(2,3)18(20)21)9-10-17(14)22-13-15-7-5-4-6-8-15/h4-11H,12-13H2,1-3H3,(H,20,21). The molecule has 0 unspecified atom stereocenters. The molecule has 0 heterocycles. The van der Waals surface area contributed by atoms with Crippen LogP contribution in [0.4, 0.5) is 0 Å². The van der Waals surface area contributed by atoms with Gasteiger partial charge in [-0.1, -0.05) is 42.5 Å². The summed E-state index contributed by atoms with van der Waals surface area (Å²) in [5.41, 5.74) is 2.39. The summed E-state index contributed by atoms with van der Waals surface area (Å²) in [7, 11) is 0.